The van der Waals surface area contributed by atoms with E-state index in [1.54, 1.807) is 0 Å². The first-order chi connectivity index (χ1) is 3.12. The van der Waals surface area contributed by atoms with Crippen LogP contribution in [0.4, 0.5) is 0 Å². The molecule has 0 unspecified atom stereocenters. The molecule has 0 aromatic heterocycles. The van der Waals surface area contributed by atoms with Crippen molar-refractivity contribution in [1.29, 1.82) is 0 Å². The van der Waals surface area contributed by atoms with Crippen molar-refractivity contribution >= 4 is 39.7 Å². The Morgan fingerprint density at radius 1 is 1.50 bits per heavy atom. The van der Waals surface area contributed by atoms with Gasteiger partial charge in [-0.1, -0.05) is 0 Å². The van der Waals surface area contributed by atoms with Crippen LogP contribution in [0.15, 0.2) is 0 Å². The van der Waals surface area contributed by atoms with Gasteiger partial charge in [0.05, 0.1) is 12.9 Å². The minimum Gasteiger partial charge on any atom is -0.273 e. The van der Waals surface area contributed by atoms with Crippen molar-refractivity contribution in [1.82, 2.24) is 0 Å². The van der Waals surface area contributed by atoms with Crippen molar-refractivity contribution in [2.24, 2.45) is 0 Å². The maximum atomic E-state index is 10.1. The van der Waals surface area contributed by atoms with Crippen LogP contribution in [0.1, 0.15) is 6.92 Å². The van der Waals surface area contributed by atoms with Gasteiger partial charge in [0.2, 0.25) is 0 Å². The van der Waals surface area contributed by atoms with Gasteiger partial charge in [-0.3, -0.25) is 4.18 Å². The van der Waals surface area contributed by atoms with Gasteiger partial charge in [-0.15, -0.1) is 0 Å². The SMILES string of the molecule is CCS(=O)(=O)OC.[Na]. The van der Waals surface area contributed by atoms with Crippen LogP contribution in [0.3, 0.4) is 0 Å². The predicted octanol–water partition coefficient (Wildman–Crippen LogP) is -0.398. The Morgan fingerprint density at radius 2 is 1.88 bits per heavy atom. The molecule has 1 radical (unpaired) electrons. The van der Waals surface area contributed by atoms with Crippen LogP contribution in [0, 0.1) is 0 Å². The minimum atomic E-state index is -3.16. The van der Waals surface area contributed by atoms with Crippen LogP contribution < -0.4 is 0 Å². The fourth-order valence-corrected chi connectivity index (χ4v) is 0.354. The second kappa shape index (κ2) is 4.76. The molecule has 0 heterocycles. The molecule has 0 aliphatic carbocycles. The molecule has 0 saturated heterocycles. The third-order valence-corrected chi connectivity index (χ3v) is 1.82. The predicted molar refractivity (Wildman–Crippen MR) is 32.2 cm³/mol. The Balaban J connectivity index is 0. The van der Waals surface area contributed by atoms with E-state index in [4.69, 9.17) is 0 Å². The quantitative estimate of drug-likeness (QED) is 0.394. The van der Waals surface area contributed by atoms with Crippen LogP contribution >= 0.6 is 0 Å². The average molecular weight is 147 g/mol. The van der Waals surface area contributed by atoms with Gasteiger partial charge in [-0.25, -0.2) is 0 Å². The van der Waals surface area contributed by atoms with Crippen LogP contribution in [-0.4, -0.2) is 50.8 Å². The topological polar surface area (TPSA) is 43.4 Å². The minimum absolute atomic E-state index is 0. The van der Waals surface area contributed by atoms with E-state index in [1.165, 1.54) is 6.92 Å². The van der Waals surface area contributed by atoms with E-state index in [0.717, 1.165) is 7.11 Å². The molecule has 0 aliphatic rings. The van der Waals surface area contributed by atoms with Gasteiger partial charge >= 0.3 is 0 Å². The molecule has 0 rings (SSSR count). The third-order valence-electron chi connectivity index (χ3n) is 0.607. The second-order valence-corrected chi connectivity index (χ2v) is 3.04. The van der Waals surface area contributed by atoms with Crippen molar-refractivity contribution in [3.05, 3.63) is 0 Å². The molecule has 0 bridgehead atoms. The Kier molecular flexibility index (Phi) is 6.94. The Bertz CT molecular complexity index is 117. The monoisotopic (exact) mass is 147 g/mol. The summed E-state index contributed by atoms with van der Waals surface area (Å²) >= 11 is 0. The number of rotatable bonds is 2. The maximum Gasteiger partial charge on any atom is 0.266 e. The van der Waals surface area contributed by atoms with Gasteiger partial charge in [-0.2, -0.15) is 8.42 Å². The molecular weight excluding hydrogens is 139 g/mol. The molecule has 0 N–H and O–H groups in total. The standard InChI is InChI=1S/C3H8O3S.Na/c1-3-7(4,5)6-2;/h3H2,1-2H3;. The molecule has 0 aliphatic heterocycles. The largest absolute Gasteiger partial charge is 0.273 e. The first-order valence-electron chi connectivity index (χ1n) is 1.90. The smallest absolute Gasteiger partial charge is 0.266 e. The summed E-state index contributed by atoms with van der Waals surface area (Å²) in [7, 11) is -2.01. The summed E-state index contributed by atoms with van der Waals surface area (Å²) in [5.41, 5.74) is 0. The summed E-state index contributed by atoms with van der Waals surface area (Å²) in [5.74, 6) is 0.0451. The van der Waals surface area contributed by atoms with Crippen molar-refractivity contribution < 1.29 is 12.6 Å². The maximum absolute atomic E-state index is 10.1. The summed E-state index contributed by atoms with van der Waals surface area (Å²) in [6, 6.07) is 0. The molecule has 0 aromatic carbocycles. The molecule has 5 heteroatoms. The average Bonchev–Trinajstić information content (AvgIpc) is 1.68. The van der Waals surface area contributed by atoms with E-state index in [-0.39, 0.29) is 35.3 Å². The van der Waals surface area contributed by atoms with E-state index in [1.807, 2.05) is 0 Å². The molecule has 45 valence electrons. The molecule has 0 atom stereocenters. The zero-order chi connectivity index (χ0) is 5.91. The Morgan fingerprint density at radius 3 is 1.88 bits per heavy atom. The molecule has 0 saturated carbocycles. The van der Waals surface area contributed by atoms with Crippen molar-refractivity contribution in [2.75, 3.05) is 12.9 Å². The molecular formula is C3H8NaO3S. The van der Waals surface area contributed by atoms with Gasteiger partial charge in [0.1, 0.15) is 0 Å². The van der Waals surface area contributed by atoms with E-state index in [0.29, 0.717) is 0 Å². The number of hydrogen-bond acceptors (Lipinski definition) is 3. The molecule has 0 aromatic rings. The van der Waals surface area contributed by atoms with E-state index < -0.39 is 10.1 Å². The molecule has 0 spiro atoms. The fourth-order valence-electron chi connectivity index (χ4n) is 0.118. The van der Waals surface area contributed by atoms with Crippen LogP contribution in [-0.2, 0) is 14.3 Å². The van der Waals surface area contributed by atoms with Gasteiger partial charge < -0.3 is 0 Å². The van der Waals surface area contributed by atoms with E-state index in [2.05, 4.69) is 4.18 Å². The van der Waals surface area contributed by atoms with E-state index in [9.17, 15) is 8.42 Å². The van der Waals surface area contributed by atoms with Crippen LogP contribution in [0.5, 0.6) is 0 Å². The summed E-state index contributed by atoms with van der Waals surface area (Å²) in [5, 5.41) is 0. The molecule has 0 amide bonds. The van der Waals surface area contributed by atoms with Gasteiger partial charge in [0, 0.05) is 29.6 Å². The second-order valence-electron chi connectivity index (χ2n) is 1.01. The van der Waals surface area contributed by atoms with E-state index >= 15 is 0 Å². The molecule has 3 nitrogen and oxygen atoms in total. The molecule has 0 fully saturated rings. The fraction of sp³-hybridized carbons (Fsp3) is 1.00. The van der Waals surface area contributed by atoms with Gasteiger partial charge in [0.15, 0.2) is 0 Å². The normalized spacial score (nSPS) is 10.2. The van der Waals surface area contributed by atoms with Crippen molar-refractivity contribution in [3.8, 4) is 0 Å². The molecule has 8 heavy (non-hydrogen) atoms. The first kappa shape index (κ1) is 11.7. The Labute approximate surface area is 71.8 Å². The first-order valence-corrected chi connectivity index (χ1v) is 3.48. The van der Waals surface area contributed by atoms with Gasteiger partial charge in [-0.05, 0) is 6.92 Å². The zero-order valence-corrected chi connectivity index (χ0v) is 8.16. The van der Waals surface area contributed by atoms with Crippen molar-refractivity contribution in [2.45, 2.75) is 6.92 Å². The zero-order valence-electron chi connectivity index (χ0n) is 5.34. The Hall–Kier alpha value is 0.910. The van der Waals surface area contributed by atoms with Crippen molar-refractivity contribution in [3.63, 3.8) is 0 Å². The summed E-state index contributed by atoms with van der Waals surface area (Å²) in [6.45, 7) is 1.53. The number of hydrogen-bond donors (Lipinski definition) is 0. The van der Waals surface area contributed by atoms with Gasteiger partial charge in [0.25, 0.3) is 10.1 Å². The van der Waals surface area contributed by atoms with Crippen LogP contribution in [0.2, 0.25) is 0 Å². The summed E-state index contributed by atoms with van der Waals surface area (Å²) in [4.78, 5) is 0. The van der Waals surface area contributed by atoms with Crippen LogP contribution in [0.25, 0.3) is 0 Å². The summed E-state index contributed by atoms with van der Waals surface area (Å²) < 4.78 is 24.4. The summed E-state index contributed by atoms with van der Waals surface area (Å²) in [6.07, 6.45) is 0. The third kappa shape index (κ3) is 5.05.